The smallest absolute Gasteiger partial charge is 0.323 e. The van der Waals surface area contributed by atoms with Crippen LogP contribution in [0.25, 0.3) is 23.1 Å². The lowest BCUT2D eigenvalue weighted by atomic mass is 10.0. The van der Waals surface area contributed by atoms with Crippen LogP contribution in [0, 0.1) is 18.6 Å². The number of carbonyl (C=O) groups is 2. The normalized spacial score (nSPS) is 11.3. The minimum absolute atomic E-state index is 0.0512. The van der Waals surface area contributed by atoms with E-state index in [1.165, 1.54) is 0 Å². The summed E-state index contributed by atoms with van der Waals surface area (Å²) in [5, 5.41) is 19.3. The fourth-order valence-electron chi connectivity index (χ4n) is 4.57. The van der Waals surface area contributed by atoms with E-state index in [0.717, 1.165) is 39.7 Å². The summed E-state index contributed by atoms with van der Waals surface area (Å²) in [6, 6.07) is 15.4. The zero-order chi connectivity index (χ0) is 29.4. The maximum Gasteiger partial charge on any atom is 0.323 e. The Balaban J connectivity index is 1.37. The number of hydrogen-bond acceptors (Lipinski definition) is 4. The third-order valence-electron chi connectivity index (χ3n) is 6.52. The largest absolute Gasteiger partial charge is 0.493 e. The second kappa shape index (κ2) is 13.6. The third-order valence-corrected chi connectivity index (χ3v) is 6.52. The maximum absolute atomic E-state index is 13.4. The van der Waals surface area contributed by atoms with E-state index in [9.17, 15) is 23.5 Å². The monoisotopic (exact) mass is 563 g/mol. The Morgan fingerprint density at radius 3 is 2.37 bits per heavy atom. The van der Waals surface area contributed by atoms with Crippen LogP contribution in [0.15, 0.2) is 60.8 Å². The van der Waals surface area contributed by atoms with Crippen LogP contribution >= 0.6 is 0 Å². The van der Waals surface area contributed by atoms with Crippen molar-refractivity contribution in [3.05, 3.63) is 94.7 Å². The van der Waals surface area contributed by atoms with Crippen molar-refractivity contribution in [3.8, 4) is 11.5 Å². The van der Waals surface area contributed by atoms with Crippen molar-refractivity contribution >= 4 is 35.0 Å². The Kier molecular flexibility index (Phi) is 9.73. The van der Waals surface area contributed by atoms with Gasteiger partial charge in [-0.3, -0.25) is 9.59 Å². The first-order valence-corrected chi connectivity index (χ1v) is 13.2. The van der Waals surface area contributed by atoms with Crippen LogP contribution in [-0.2, 0) is 22.6 Å². The molecule has 0 atom stereocenters. The molecule has 1 aromatic heterocycles. The maximum atomic E-state index is 13.4. The second-order valence-corrected chi connectivity index (χ2v) is 9.65. The van der Waals surface area contributed by atoms with E-state index in [1.807, 2.05) is 54.6 Å². The van der Waals surface area contributed by atoms with Gasteiger partial charge in [0.05, 0.1) is 18.7 Å². The summed E-state index contributed by atoms with van der Waals surface area (Å²) in [6.45, 7) is 2.14. The van der Waals surface area contributed by atoms with Gasteiger partial charge in [0.1, 0.15) is 18.0 Å². The number of aryl methyl sites for hydroxylation is 2. The first kappa shape index (κ1) is 29.3. The van der Waals surface area contributed by atoms with Gasteiger partial charge in [-0.15, -0.1) is 0 Å². The van der Waals surface area contributed by atoms with Crippen LogP contribution in [0.2, 0.25) is 0 Å². The number of aromatic nitrogens is 1. The first-order valence-electron chi connectivity index (χ1n) is 13.2. The second-order valence-electron chi connectivity index (χ2n) is 9.65. The van der Waals surface area contributed by atoms with Gasteiger partial charge in [-0.1, -0.05) is 42.5 Å². The predicted molar refractivity (Wildman–Crippen MR) is 152 cm³/mol. The number of carboxylic acid groups (broad SMARTS) is 2. The standard InChI is InChI=1S/C32H31F2NO6/c1-21-17-27(33)28(34)18-29(21)41-16-4-15-40-25-13-10-22(11-14-25)9-12-23-5-2-7-26-24(6-3-8-30(36)37)19-35(32(23)26)20-31(38)39/h2,5,7,9-14,17-19H,3-4,6,8,15-16,20H2,1H3,(H,36,37)(H,38,39)/b12-9+. The van der Waals surface area contributed by atoms with Crippen LogP contribution in [0.3, 0.4) is 0 Å². The molecule has 0 fully saturated rings. The van der Waals surface area contributed by atoms with E-state index >= 15 is 0 Å². The quantitative estimate of drug-likeness (QED) is 0.130. The molecule has 9 heteroatoms. The van der Waals surface area contributed by atoms with Gasteiger partial charge in [-0.05, 0) is 60.2 Å². The number of hydrogen-bond donors (Lipinski definition) is 2. The number of nitrogens with zero attached hydrogens (tertiary/aromatic N) is 1. The number of rotatable bonds is 14. The van der Waals surface area contributed by atoms with E-state index in [-0.39, 0.29) is 13.0 Å². The van der Waals surface area contributed by atoms with E-state index in [4.69, 9.17) is 14.6 Å². The summed E-state index contributed by atoms with van der Waals surface area (Å²) >= 11 is 0. The Morgan fingerprint density at radius 2 is 1.63 bits per heavy atom. The topological polar surface area (TPSA) is 98.0 Å². The first-order chi connectivity index (χ1) is 19.7. The molecule has 3 aromatic carbocycles. The molecule has 0 aliphatic heterocycles. The van der Waals surface area contributed by atoms with Gasteiger partial charge >= 0.3 is 11.9 Å². The molecule has 4 aromatic rings. The fraction of sp³-hybridized carbons (Fsp3) is 0.250. The molecule has 4 rings (SSSR count). The van der Waals surface area contributed by atoms with Gasteiger partial charge in [0.2, 0.25) is 0 Å². The zero-order valence-electron chi connectivity index (χ0n) is 22.6. The van der Waals surface area contributed by atoms with Crippen LogP contribution in [0.5, 0.6) is 11.5 Å². The van der Waals surface area contributed by atoms with E-state index < -0.39 is 23.6 Å². The zero-order valence-corrected chi connectivity index (χ0v) is 22.6. The molecule has 0 aliphatic rings. The Labute approximate surface area is 236 Å². The molecule has 0 bridgehead atoms. The summed E-state index contributed by atoms with van der Waals surface area (Å²) in [5.41, 5.74) is 4.01. The van der Waals surface area contributed by atoms with Crippen molar-refractivity contribution < 1.29 is 38.1 Å². The molecule has 2 N–H and O–H groups in total. The van der Waals surface area contributed by atoms with Crippen molar-refractivity contribution in [2.75, 3.05) is 13.2 Å². The number of ether oxygens (including phenoxy) is 2. The molecule has 41 heavy (non-hydrogen) atoms. The van der Waals surface area contributed by atoms with Gasteiger partial charge in [0.15, 0.2) is 11.6 Å². The van der Waals surface area contributed by atoms with Crippen molar-refractivity contribution in [2.24, 2.45) is 0 Å². The Morgan fingerprint density at radius 1 is 0.902 bits per heavy atom. The van der Waals surface area contributed by atoms with Crippen LogP contribution < -0.4 is 9.47 Å². The highest BCUT2D eigenvalue weighted by atomic mass is 19.2. The van der Waals surface area contributed by atoms with Gasteiger partial charge in [0.25, 0.3) is 0 Å². The molecule has 0 saturated heterocycles. The number of carboxylic acids is 2. The SMILES string of the molecule is Cc1cc(F)c(F)cc1OCCCOc1ccc(/C=C/c2cccc3c(CCCC(=O)O)cn(CC(=O)O)c23)cc1. The van der Waals surface area contributed by atoms with Crippen LogP contribution in [0.4, 0.5) is 8.78 Å². The molecule has 0 aliphatic carbocycles. The molecule has 0 amide bonds. The van der Waals surface area contributed by atoms with Gasteiger partial charge in [-0.25, -0.2) is 8.78 Å². The lowest BCUT2D eigenvalue weighted by molar-refractivity contribution is -0.138. The number of para-hydroxylation sites is 1. The lowest BCUT2D eigenvalue weighted by Gasteiger charge is -2.10. The highest BCUT2D eigenvalue weighted by Crippen LogP contribution is 2.28. The average molecular weight is 564 g/mol. The predicted octanol–water partition coefficient (Wildman–Crippen LogP) is 6.74. The summed E-state index contributed by atoms with van der Waals surface area (Å²) < 4.78 is 39.7. The van der Waals surface area contributed by atoms with Crippen molar-refractivity contribution in [3.63, 3.8) is 0 Å². The average Bonchev–Trinajstić information content (AvgIpc) is 3.27. The highest BCUT2D eigenvalue weighted by molar-refractivity contribution is 5.94. The molecule has 214 valence electrons. The van der Waals surface area contributed by atoms with Crippen molar-refractivity contribution in [1.82, 2.24) is 4.57 Å². The van der Waals surface area contributed by atoms with Gasteiger partial charge < -0.3 is 24.3 Å². The van der Waals surface area contributed by atoms with Crippen molar-refractivity contribution in [1.29, 1.82) is 0 Å². The molecular weight excluding hydrogens is 532 g/mol. The summed E-state index contributed by atoms with van der Waals surface area (Å²) in [7, 11) is 0. The van der Waals surface area contributed by atoms with Gasteiger partial charge in [0, 0.05) is 30.5 Å². The number of fused-ring (bicyclic) bond motifs is 1. The molecular formula is C32H31F2NO6. The molecule has 0 radical (unpaired) electrons. The van der Waals surface area contributed by atoms with E-state index in [1.54, 1.807) is 17.7 Å². The molecule has 7 nitrogen and oxygen atoms in total. The lowest BCUT2D eigenvalue weighted by Crippen LogP contribution is -2.07. The third kappa shape index (κ3) is 7.94. The number of halogens is 2. The summed E-state index contributed by atoms with van der Waals surface area (Å²) in [4.78, 5) is 22.4. The fourth-order valence-corrected chi connectivity index (χ4v) is 4.57. The summed E-state index contributed by atoms with van der Waals surface area (Å²) in [5.74, 6) is -2.68. The molecule has 0 unspecified atom stereocenters. The number of benzene rings is 3. The van der Waals surface area contributed by atoms with Gasteiger partial charge in [-0.2, -0.15) is 0 Å². The Hall–Kier alpha value is -4.66. The van der Waals surface area contributed by atoms with Crippen LogP contribution in [-0.4, -0.2) is 39.9 Å². The van der Waals surface area contributed by atoms with Crippen molar-refractivity contribution in [2.45, 2.75) is 39.2 Å². The molecule has 0 saturated carbocycles. The molecule has 1 heterocycles. The highest BCUT2D eigenvalue weighted by Gasteiger charge is 2.14. The number of aliphatic carboxylic acids is 2. The molecule has 0 spiro atoms. The minimum Gasteiger partial charge on any atom is -0.493 e. The van der Waals surface area contributed by atoms with E-state index in [0.29, 0.717) is 49.5 Å². The minimum atomic E-state index is -0.959. The van der Waals surface area contributed by atoms with Crippen LogP contribution in [0.1, 0.15) is 41.5 Å². The Bertz CT molecular complexity index is 1560. The summed E-state index contributed by atoms with van der Waals surface area (Å²) in [6.07, 6.45) is 7.27. The van der Waals surface area contributed by atoms with E-state index in [2.05, 4.69) is 0 Å².